The molecule has 9 nitrogen and oxygen atoms in total. The Kier molecular flexibility index (Phi) is 5.97. The van der Waals surface area contributed by atoms with Crippen molar-refractivity contribution in [1.29, 1.82) is 0 Å². The van der Waals surface area contributed by atoms with Crippen LogP contribution in [0.2, 0.25) is 5.02 Å². The Hall–Kier alpha value is -3.56. The lowest BCUT2D eigenvalue weighted by molar-refractivity contribution is 0.141. The van der Waals surface area contributed by atoms with E-state index in [-0.39, 0.29) is 6.79 Å². The van der Waals surface area contributed by atoms with Crippen molar-refractivity contribution in [3.63, 3.8) is 0 Å². The number of ether oxygens (including phenoxy) is 2. The minimum atomic E-state index is 0.214. The Morgan fingerprint density at radius 3 is 2.42 bits per heavy atom. The van der Waals surface area contributed by atoms with Gasteiger partial charge < -0.3 is 25.0 Å². The largest absolute Gasteiger partial charge is 0.454 e. The summed E-state index contributed by atoms with van der Waals surface area (Å²) in [5.74, 6) is 2.58. The number of nitrogens with two attached hydrogens (primary N) is 1. The summed E-state index contributed by atoms with van der Waals surface area (Å²) in [4.78, 5) is 15.0. The number of benzene rings is 2. The van der Waals surface area contributed by atoms with Crippen molar-refractivity contribution in [1.82, 2.24) is 24.6 Å². The summed E-state index contributed by atoms with van der Waals surface area (Å²) in [7, 11) is 0. The number of aromatic nitrogens is 4. The van der Waals surface area contributed by atoms with Gasteiger partial charge in [-0.2, -0.15) is 4.98 Å². The van der Waals surface area contributed by atoms with Crippen LogP contribution in [0.25, 0.3) is 28.0 Å². The fourth-order valence-electron chi connectivity index (χ4n) is 5.89. The number of rotatable bonds is 4. The van der Waals surface area contributed by atoms with Crippen LogP contribution in [-0.4, -0.2) is 63.7 Å². The first kappa shape index (κ1) is 23.5. The molecule has 2 aromatic heterocycles. The minimum absolute atomic E-state index is 0.214. The number of fused-ring (bicyclic) bond motifs is 2. The highest BCUT2D eigenvalue weighted by molar-refractivity contribution is 6.30. The van der Waals surface area contributed by atoms with Crippen LogP contribution in [0, 0.1) is 0 Å². The van der Waals surface area contributed by atoms with Crippen LogP contribution >= 0.6 is 11.6 Å². The van der Waals surface area contributed by atoms with Gasteiger partial charge in [0.2, 0.25) is 12.7 Å². The molecule has 2 saturated heterocycles. The van der Waals surface area contributed by atoms with Gasteiger partial charge in [-0.05, 0) is 81.2 Å². The Morgan fingerprint density at radius 1 is 0.868 bits per heavy atom. The van der Waals surface area contributed by atoms with Crippen LogP contribution in [0.15, 0.2) is 42.5 Å². The minimum Gasteiger partial charge on any atom is -0.454 e. The molecule has 0 bridgehead atoms. The highest BCUT2D eigenvalue weighted by Crippen LogP contribution is 2.39. The summed E-state index contributed by atoms with van der Waals surface area (Å²) in [6, 6.07) is 13.9. The zero-order chi connectivity index (χ0) is 25.6. The molecule has 0 amide bonds. The average Bonchev–Trinajstić information content (AvgIpc) is 3.57. The monoisotopic (exact) mass is 531 g/mol. The van der Waals surface area contributed by atoms with Gasteiger partial charge in [0, 0.05) is 29.7 Å². The number of anilines is 2. The van der Waals surface area contributed by atoms with Crippen molar-refractivity contribution in [3.8, 4) is 28.4 Å². The molecule has 5 heterocycles. The average molecular weight is 532 g/mol. The molecule has 3 aliphatic heterocycles. The topological polar surface area (TPSA) is 94.6 Å². The maximum atomic E-state index is 6.70. The number of piperidine rings is 2. The van der Waals surface area contributed by atoms with E-state index >= 15 is 0 Å². The number of likely N-dealkylation sites (tertiary alicyclic amines) is 1. The second-order valence-corrected chi connectivity index (χ2v) is 10.7. The smallest absolute Gasteiger partial charge is 0.231 e. The molecule has 4 aromatic rings. The number of halogens is 1. The second-order valence-electron chi connectivity index (χ2n) is 10.2. The van der Waals surface area contributed by atoms with Crippen molar-refractivity contribution in [2.24, 2.45) is 0 Å². The van der Waals surface area contributed by atoms with E-state index in [1.54, 1.807) is 4.68 Å². The first-order valence-corrected chi connectivity index (χ1v) is 13.7. The van der Waals surface area contributed by atoms with E-state index < -0.39 is 0 Å². The van der Waals surface area contributed by atoms with Gasteiger partial charge in [0.25, 0.3) is 0 Å². The van der Waals surface area contributed by atoms with E-state index in [1.165, 1.54) is 32.4 Å². The summed E-state index contributed by atoms with van der Waals surface area (Å²) in [6.45, 7) is 4.50. The molecule has 0 atom stereocenters. The van der Waals surface area contributed by atoms with Crippen LogP contribution in [0.4, 0.5) is 11.8 Å². The molecule has 2 aromatic carbocycles. The maximum absolute atomic E-state index is 6.70. The summed E-state index contributed by atoms with van der Waals surface area (Å²) < 4.78 is 12.9. The molecular weight excluding hydrogens is 502 g/mol. The molecule has 2 fully saturated rings. The molecule has 0 unspecified atom stereocenters. The van der Waals surface area contributed by atoms with E-state index in [9.17, 15) is 0 Å². The molecule has 0 saturated carbocycles. The SMILES string of the molecule is Nc1c2c(-c3ccc4c(c3)OCO4)nc(N3CCC(N4CCCCC4)CC3)nc2nn1-c1ccc(Cl)cc1. The molecule has 3 aliphatic rings. The maximum Gasteiger partial charge on any atom is 0.231 e. The van der Waals surface area contributed by atoms with Crippen LogP contribution < -0.4 is 20.1 Å². The third kappa shape index (κ3) is 4.19. The van der Waals surface area contributed by atoms with Crippen LogP contribution in [0.5, 0.6) is 11.5 Å². The predicted octanol–water partition coefficient (Wildman–Crippen LogP) is 4.90. The fraction of sp³-hybridized carbons (Fsp3) is 0.393. The van der Waals surface area contributed by atoms with Gasteiger partial charge in [-0.1, -0.05) is 18.0 Å². The van der Waals surface area contributed by atoms with Gasteiger partial charge in [0.15, 0.2) is 17.1 Å². The number of nitrogen functional groups attached to an aromatic ring is 1. The predicted molar refractivity (Wildman–Crippen MR) is 148 cm³/mol. The third-order valence-electron chi connectivity index (χ3n) is 7.93. The van der Waals surface area contributed by atoms with Crippen LogP contribution in [0.3, 0.4) is 0 Å². The molecule has 38 heavy (non-hydrogen) atoms. The molecule has 0 aliphatic carbocycles. The summed E-state index contributed by atoms with van der Waals surface area (Å²) in [5.41, 5.74) is 9.69. The van der Waals surface area contributed by atoms with E-state index in [2.05, 4.69) is 9.80 Å². The Morgan fingerprint density at radius 2 is 1.63 bits per heavy atom. The summed E-state index contributed by atoms with van der Waals surface area (Å²) in [6.07, 6.45) is 6.22. The normalized spacial score (nSPS) is 18.4. The first-order chi connectivity index (χ1) is 18.6. The highest BCUT2D eigenvalue weighted by atomic mass is 35.5. The standard InChI is InChI=1S/C28H30ClN7O2/c29-19-5-7-21(8-6-19)36-26(30)24-25(18-4-9-22-23(16-18)38-17-37-22)31-28(32-27(24)33-36)35-14-10-20(11-15-35)34-12-2-1-3-13-34/h4-9,16,20H,1-3,10-15,17,30H2. The first-order valence-electron chi connectivity index (χ1n) is 13.4. The van der Waals surface area contributed by atoms with Gasteiger partial charge in [0.1, 0.15) is 5.82 Å². The van der Waals surface area contributed by atoms with E-state index in [4.69, 9.17) is 41.9 Å². The zero-order valence-corrected chi connectivity index (χ0v) is 21.9. The number of hydrogen-bond acceptors (Lipinski definition) is 8. The summed E-state index contributed by atoms with van der Waals surface area (Å²) >= 11 is 6.12. The second kappa shape index (κ2) is 9.63. The lowest BCUT2D eigenvalue weighted by Crippen LogP contribution is -2.47. The highest BCUT2D eigenvalue weighted by Gasteiger charge is 2.28. The lowest BCUT2D eigenvalue weighted by Gasteiger charge is -2.40. The lowest BCUT2D eigenvalue weighted by atomic mass is 10.00. The number of hydrogen-bond donors (Lipinski definition) is 1. The van der Waals surface area contributed by atoms with E-state index in [1.807, 2.05) is 42.5 Å². The van der Waals surface area contributed by atoms with E-state index in [0.717, 1.165) is 48.6 Å². The number of nitrogens with zero attached hydrogens (tertiary/aromatic N) is 6. The van der Waals surface area contributed by atoms with Gasteiger partial charge in [-0.3, -0.25) is 0 Å². The quantitative estimate of drug-likeness (QED) is 0.397. The summed E-state index contributed by atoms with van der Waals surface area (Å²) in [5, 5.41) is 6.19. The third-order valence-corrected chi connectivity index (χ3v) is 8.18. The molecular formula is C28H30ClN7O2. The Balaban J connectivity index is 1.29. The fourth-order valence-corrected chi connectivity index (χ4v) is 6.01. The molecule has 2 N–H and O–H groups in total. The van der Waals surface area contributed by atoms with Gasteiger partial charge in [-0.25, -0.2) is 9.67 Å². The zero-order valence-electron chi connectivity index (χ0n) is 21.1. The van der Waals surface area contributed by atoms with E-state index in [0.29, 0.717) is 39.6 Å². The molecule has 196 valence electrons. The Labute approximate surface area is 226 Å². The molecule has 7 rings (SSSR count). The van der Waals surface area contributed by atoms with Gasteiger partial charge >= 0.3 is 0 Å². The van der Waals surface area contributed by atoms with Crippen LogP contribution in [0.1, 0.15) is 32.1 Å². The van der Waals surface area contributed by atoms with Crippen molar-refractivity contribution < 1.29 is 9.47 Å². The molecule has 10 heteroatoms. The van der Waals surface area contributed by atoms with Crippen molar-refractivity contribution in [2.45, 2.75) is 38.1 Å². The van der Waals surface area contributed by atoms with Crippen molar-refractivity contribution in [2.75, 3.05) is 43.6 Å². The molecule has 0 spiro atoms. The van der Waals surface area contributed by atoms with Crippen molar-refractivity contribution in [3.05, 3.63) is 47.5 Å². The van der Waals surface area contributed by atoms with Crippen molar-refractivity contribution >= 4 is 34.4 Å². The van der Waals surface area contributed by atoms with Gasteiger partial charge in [0.05, 0.1) is 16.8 Å². The van der Waals surface area contributed by atoms with Gasteiger partial charge in [-0.15, -0.1) is 5.10 Å². The molecule has 0 radical (unpaired) electrons. The van der Waals surface area contributed by atoms with Crippen LogP contribution in [-0.2, 0) is 0 Å². The Bertz CT molecular complexity index is 1480.